The molecule has 0 aliphatic carbocycles. The van der Waals surface area contributed by atoms with E-state index >= 15 is 0 Å². The van der Waals surface area contributed by atoms with Gasteiger partial charge in [-0.15, -0.1) is 0 Å². The van der Waals surface area contributed by atoms with E-state index in [1.807, 2.05) is 32.0 Å². The Morgan fingerprint density at radius 3 is 2.46 bits per heavy atom. The first-order valence-corrected chi connectivity index (χ1v) is 8.76. The summed E-state index contributed by atoms with van der Waals surface area (Å²) in [6.45, 7) is 4.08. The molecule has 1 aromatic heterocycles. The highest BCUT2D eigenvalue weighted by Gasteiger charge is 2.11. The van der Waals surface area contributed by atoms with Gasteiger partial charge >= 0.3 is 5.97 Å². The van der Waals surface area contributed by atoms with Crippen LogP contribution in [0.5, 0.6) is 0 Å². The van der Waals surface area contributed by atoms with Gasteiger partial charge in [0.25, 0.3) is 5.91 Å². The molecule has 6 nitrogen and oxygen atoms in total. The monoisotopic (exact) mass is 375 g/mol. The van der Waals surface area contributed by atoms with Crippen molar-refractivity contribution < 1.29 is 14.3 Å². The molecule has 2 N–H and O–H groups in total. The summed E-state index contributed by atoms with van der Waals surface area (Å²) in [5, 5.41) is 6.07. The maximum atomic E-state index is 12.6. The number of ether oxygens (including phenoxy) is 1. The van der Waals surface area contributed by atoms with E-state index in [9.17, 15) is 9.59 Å². The lowest BCUT2D eigenvalue weighted by atomic mass is 10.1. The number of nitrogens with one attached hydrogen (secondary N) is 2. The summed E-state index contributed by atoms with van der Waals surface area (Å²) in [7, 11) is 1.31. The lowest BCUT2D eigenvalue weighted by Gasteiger charge is -2.12. The number of hydrogen-bond acceptors (Lipinski definition) is 5. The van der Waals surface area contributed by atoms with Crippen LogP contribution in [-0.4, -0.2) is 24.0 Å². The van der Waals surface area contributed by atoms with Gasteiger partial charge in [0.15, 0.2) is 0 Å². The Bertz CT molecular complexity index is 1030. The molecule has 2 aromatic carbocycles. The zero-order valence-corrected chi connectivity index (χ0v) is 15.9. The summed E-state index contributed by atoms with van der Waals surface area (Å²) in [5.41, 5.74) is 5.26. The Morgan fingerprint density at radius 1 is 0.929 bits per heavy atom. The topological polar surface area (TPSA) is 80.3 Å². The summed E-state index contributed by atoms with van der Waals surface area (Å²) in [5.74, 6) is -0.781. The Kier molecular flexibility index (Phi) is 5.69. The number of benzene rings is 2. The highest BCUT2D eigenvalue weighted by molar-refractivity contribution is 6.05. The minimum Gasteiger partial charge on any atom is -0.465 e. The quantitative estimate of drug-likeness (QED) is 0.643. The van der Waals surface area contributed by atoms with Crippen molar-refractivity contribution in [3.63, 3.8) is 0 Å². The first-order chi connectivity index (χ1) is 13.5. The van der Waals surface area contributed by atoms with Crippen LogP contribution >= 0.6 is 0 Å². The number of esters is 1. The molecule has 3 aromatic rings. The summed E-state index contributed by atoms with van der Waals surface area (Å²) in [6.07, 6.45) is 3.16. The number of aromatic nitrogens is 1. The number of hydrogen-bond donors (Lipinski definition) is 2. The van der Waals surface area contributed by atoms with Crippen molar-refractivity contribution in [1.82, 2.24) is 4.98 Å². The number of rotatable bonds is 5. The third-order valence-corrected chi connectivity index (χ3v) is 4.43. The van der Waals surface area contributed by atoms with Crippen molar-refractivity contribution in [3.8, 4) is 0 Å². The second-order valence-corrected chi connectivity index (χ2v) is 6.36. The number of amides is 1. The molecule has 0 atom stereocenters. The van der Waals surface area contributed by atoms with Gasteiger partial charge in [0.05, 0.1) is 30.1 Å². The summed E-state index contributed by atoms with van der Waals surface area (Å²) >= 11 is 0. The Labute approximate surface area is 163 Å². The lowest BCUT2D eigenvalue weighted by Crippen LogP contribution is -2.13. The fourth-order valence-corrected chi connectivity index (χ4v) is 2.72. The predicted molar refractivity (Wildman–Crippen MR) is 109 cm³/mol. The number of nitrogens with zero attached hydrogens (tertiary/aromatic N) is 1. The largest absolute Gasteiger partial charge is 0.465 e. The van der Waals surface area contributed by atoms with E-state index in [1.165, 1.54) is 18.9 Å². The number of carbonyl (C=O) groups excluding carboxylic acids is 2. The summed E-state index contributed by atoms with van der Waals surface area (Å²) < 4.78 is 4.70. The van der Waals surface area contributed by atoms with Crippen LogP contribution in [0.25, 0.3) is 0 Å². The molecule has 142 valence electrons. The molecule has 0 spiro atoms. The molecular weight excluding hydrogens is 354 g/mol. The van der Waals surface area contributed by atoms with Gasteiger partial charge in [0, 0.05) is 17.6 Å². The van der Waals surface area contributed by atoms with Crippen molar-refractivity contribution in [2.75, 3.05) is 17.7 Å². The average Bonchev–Trinajstić information content (AvgIpc) is 2.71. The minimum absolute atomic E-state index is 0.320. The molecule has 0 bridgehead atoms. The zero-order valence-electron chi connectivity index (χ0n) is 15.9. The van der Waals surface area contributed by atoms with Crippen LogP contribution in [0.1, 0.15) is 31.8 Å². The number of aryl methyl sites for hydroxylation is 1. The smallest absolute Gasteiger partial charge is 0.337 e. The van der Waals surface area contributed by atoms with E-state index in [2.05, 4.69) is 15.6 Å². The van der Waals surface area contributed by atoms with E-state index in [1.54, 1.807) is 36.5 Å². The molecular formula is C22H21N3O3. The molecule has 0 saturated carbocycles. The molecule has 0 saturated heterocycles. The van der Waals surface area contributed by atoms with Crippen molar-refractivity contribution >= 4 is 28.9 Å². The maximum Gasteiger partial charge on any atom is 0.337 e. The van der Waals surface area contributed by atoms with E-state index in [0.717, 1.165) is 11.3 Å². The van der Waals surface area contributed by atoms with Gasteiger partial charge in [-0.1, -0.05) is 18.2 Å². The fraction of sp³-hybridized carbons (Fsp3) is 0.136. The van der Waals surface area contributed by atoms with Crippen LogP contribution in [0, 0.1) is 13.8 Å². The van der Waals surface area contributed by atoms with Gasteiger partial charge < -0.3 is 15.4 Å². The molecule has 0 unspecified atom stereocenters. The van der Waals surface area contributed by atoms with E-state index < -0.39 is 5.97 Å². The molecule has 0 aliphatic rings. The molecule has 0 radical (unpaired) electrons. The summed E-state index contributed by atoms with van der Waals surface area (Å²) in [6, 6.07) is 14.3. The molecule has 3 rings (SSSR count). The van der Waals surface area contributed by atoms with Gasteiger partial charge in [-0.05, 0) is 55.3 Å². The third kappa shape index (κ3) is 4.35. The Balaban J connectivity index is 1.77. The SMILES string of the molecule is COC(=O)c1cccc(NC(=O)c2cncc(Nc3cccc(C)c3C)c2)c1. The lowest BCUT2D eigenvalue weighted by molar-refractivity contribution is 0.0600. The Hall–Kier alpha value is -3.67. The van der Waals surface area contributed by atoms with E-state index in [0.29, 0.717) is 22.5 Å². The number of carbonyl (C=O) groups is 2. The van der Waals surface area contributed by atoms with E-state index in [-0.39, 0.29) is 5.91 Å². The molecule has 1 heterocycles. The standard InChI is InChI=1S/C22H21N3O3/c1-14-6-4-9-20(15(14)2)24-19-11-17(12-23-13-19)21(26)25-18-8-5-7-16(10-18)22(27)28-3/h4-13,24H,1-3H3,(H,25,26). The van der Waals surface area contributed by atoms with Crippen LogP contribution < -0.4 is 10.6 Å². The van der Waals surface area contributed by atoms with E-state index in [4.69, 9.17) is 4.74 Å². The van der Waals surface area contributed by atoms with Crippen molar-refractivity contribution in [2.24, 2.45) is 0 Å². The van der Waals surface area contributed by atoms with Crippen molar-refractivity contribution in [2.45, 2.75) is 13.8 Å². The highest BCUT2D eigenvalue weighted by atomic mass is 16.5. The van der Waals surface area contributed by atoms with Crippen LogP contribution in [0.4, 0.5) is 17.1 Å². The average molecular weight is 375 g/mol. The van der Waals surface area contributed by atoms with Crippen molar-refractivity contribution in [1.29, 1.82) is 0 Å². The van der Waals surface area contributed by atoms with Gasteiger partial charge in [-0.25, -0.2) is 4.79 Å². The molecule has 0 fully saturated rings. The fourth-order valence-electron chi connectivity index (χ4n) is 2.72. The number of methoxy groups -OCH3 is 1. The normalized spacial score (nSPS) is 10.2. The second-order valence-electron chi connectivity index (χ2n) is 6.36. The number of pyridine rings is 1. The van der Waals surface area contributed by atoms with Gasteiger partial charge in [-0.2, -0.15) is 0 Å². The zero-order chi connectivity index (χ0) is 20.1. The second kappa shape index (κ2) is 8.35. The minimum atomic E-state index is -0.461. The first-order valence-electron chi connectivity index (χ1n) is 8.76. The number of anilines is 3. The van der Waals surface area contributed by atoms with Gasteiger partial charge in [0.2, 0.25) is 0 Å². The highest BCUT2D eigenvalue weighted by Crippen LogP contribution is 2.23. The predicted octanol–water partition coefficient (Wildman–Crippen LogP) is 4.48. The molecule has 1 amide bonds. The van der Waals surface area contributed by atoms with Crippen LogP contribution in [-0.2, 0) is 4.74 Å². The molecule has 0 aliphatic heterocycles. The maximum absolute atomic E-state index is 12.6. The summed E-state index contributed by atoms with van der Waals surface area (Å²) in [4.78, 5) is 28.4. The first kappa shape index (κ1) is 19.1. The molecule has 28 heavy (non-hydrogen) atoms. The van der Waals surface area contributed by atoms with Gasteiger partial charge in [-0.3, -0.25) is 9.78 Å². The van der Waals surface area contributed by atoms with Crippen LogP contribution in [0.2, 0.25) is 0 Å². The third-order valence-electron chi connectivity index (χ3n) is 4.43. The Morgan fingerprint density at radius 2 is 1.68 bits per heavy atom. The van der Waals surface area contributed by atoms with Crippen molar-refractivity contribution in [3.05, 3.63) is 83.2 Å². The van der Waals surface area contributed by atoms with Gasteiger partial charge in [0.1, 0.15) is 0 Å². The van der Waals surface area contributed by atoms with Crippen LogP contribution in [0.15, 0.2) is 60.9 Å². The van der Waals surface area contributed by atoms with Crippen LogP contribution in [0.3, 0.4) is 0 Å². The molecule has 6 heteroatoms.